The van der Waals surface area contributed by atoms with Crippen LogP contribution in [0.5, 0.6) is 0 Å². The fourth-order valence-electron chi connectivity index (χ4n) is 8.86. The summed E-state index contributed by atoms with van der Waals surface area (Å²) in [5.74, 6) is 0.272. The highest BCUT2D eigenvalue weighted by molar-refractivity contribution is 5.88. The summed E-state index contributed by atoms with van der Waals surface area (Å²) >= 11 is 0. The highest BCUT2D eigenvalue weighted by Crippen LogP contribution is 2.42. The van der Waals surface area contributed by atoms with E-state index in [1.165, 1.54) is 39.6 Å². The van der Waals surface area contributed by atoms with E-state index in [0.717, 1.165) is 84.3 Å². The molecular formula is C44H55N7O8. The van der Waals surface area contributed by atoms with Crippen LogP contribution >= 0.6 is 0 Å². The van der Waals surface area contributed by atoms with Gasteiger partial charge in [0.25, 0.3) is 0 Å². The van der Waals surface area contributed by atoms with Crippen molar-refractivity contribution in [3.63, 3.8) is 0 Å². The number of imidazole rings is 1. The third-order valence-corrected chi connectivity index (χ3v) is 12.3. The lowest BCUT2D eigenvalue weighted by molar-refractivity contribution is -0.138. The Balaban J connectivity index is 1.05. The second-order valence-corrected chi connectivity index (χ2v) is 15.5. The highest BCUT2D eigenvalue weighted by atomic mass is 16.5. The van der Waals surface area contributed by atoms with Crippen molar-refractivity contribution in [2.75, 3.05) is 41.5 Å². The van der Waals surface area contributed by atoms with E-state index in [1.807, 2.05) is 4.90 Å². The molecule has 4 heterocycles. The maximum absolute atomic E-state index is 13.9. The Morgan fingerprint density at radius 2 is 1.15 bits per heavy atom. The number of aromatic nitrogens is 3. The fourth-order valence-corrected chi connectivity index (χ4v) is 8.86. The average molecular weight is 810 g/mol. The van der Waals surface area contributed by atoms with E-state index in [9.17, 15) is 19.2 Å². The molecule has 15 nitrogen and oxygen atoms in total. The van der Waals surface area contributed by atoms with Gasteiger partial charge in [0.15, 0.2) is 0 Å². The molecule has 2 saturated heterocycles. The summed E-state index contributed by atoms with van der Waals surface area (Å²) in [6.07, 6.45) is 5.61. The molecule has 59 heavy (non-hydrogen) atoms. The number of alkyl carbamates (subject to hydrolysis) is 2. The monoisotopic (exact) mass is 809 g/mol. The van der Waals surface area contributed by atoms with Crippen molar-refractivity contribution in [3.05, 3.63) is 77.4 Å². The van der Waals surface area contributed by atoms with E-state index in [1.54, 1.807) is 24.9 Å². The lowest BCUT2D eigenvalue weighted by Gasteiger charge is -2.31. The Labute approximate surface area is 344 Å². The summed E-state index contributed by atoms with van der Waals surface area (Å²) in [6, 6.07) is 14.7. The number of fused-ring (bicyclic) bond motifs is 1. The topological polar surface area (TPSA) is 180 Å². The molecule has 2 aromatic heterocycles. The van der Waals surface area contributed by atoms with Crippen LogP contribution in [-0.2, 0) is 41.4 Å². The van der Waals surface area contributed by atoms with Crippen LogP contribution in [0.2, 0.25) is 0 Å². The average Bonchev–Trinajstić information content (AvgIpc) is 4.12. The molecule has 4 amide bonds. The van der Waals surface area contributed by atoms with Crippen LogP contribution in [0.3, 0.4) is 0 Å². The maximum atomic E-state index is 13.9. The number of hydrogen-bond acceptors (Lipinski definition) is 9. The smallest absolute Gasteiger partial charge is 0.407 e. The van der Waals surface area contributed by atoms with Crippen LogP contribution in [0.4, 0.5) is 9.59 Å². The van der Waals surface area contributed by atoms with Gasteiger partial charge < -0.3 is 49.3 Å². The molecule has 6 atom stereocenters. The molecule has 2 aromatic carbocycles. The zero-order valence-electron chi connectivity index (χ0n) is 34.6. The molecule has 15 heteroatoms. The number of aromatic amines is 2. The lowest BCUT2D eigenvalue weighted by atomic mass is 9.99. The highest BCUT2D eigenvalue weighted by Gasteiger charge is 2.41. The summed E-state index contributed by atoms with van der Waals surface area (Å²) in [6.45, 7) is 4.66. The van der Waals surface area contributed by atoms with Gasteiger partial charge in [0.2, 0.25) is 11.8 Å². The second kappa shape index (κ2) is 18.1. The summed E-state index contributed by atoms with van der Waals surface area (Å²) in [5, 5.41) is 5.32. The number of ether oxygens (including phenoxy) is 4. The minimum Gasteiger partial charge on any atom is -0.453 e. The number of carbonyl (C=O) groups is 4. The summed E-state index contributed by atoms with van der Waals surface area (Å²) in [5.41, 5.74) is 9.87. The zero-order chi connectivity index (χ0) is 41.8. The number of rotatable bonds is 13. The zero-order valence-corrected chi connectivity index (χ0v) is 34.6. The maximum Gasteiger partial charge on any atom is 0.407 e. The molecule has 0 saturated carbocycles. The summed E-state index contributed by atoms with van der Waals surface area (Å²) < 4.78 is 20.5. The minimum atomic E-state index is -0.895. The molecule has 4 N–H and O–H groups in total. The number of nitrogens with zero attached hydrogens (tertiary/aromatic N) is 3. The van der Waals surface area contributed by atoms with Gasteiger partial charge >= 0.3 is 12.2 Å². The van der Waals surface area contributed by atoms with Crippen molar-refractivity contribution >= 4 is 24.0 Å². The van der Waals surface area contributed by atoms with Crippen molar-refractivity contribution in [1.29, 1.82) is 0 Å². The van der Waals surface area contributed by atoms with E-state index >= 15 is 0 Å². The van der Waals surface area contributed by atoms with Crippen molar-refractivity contribution in [2.24, 2.45) is 0 Å². The predicted octanol–water partition coefficient (Wildman–Crippen LogP) is 6.07. The quantitative estimate of drug-likeness (QED) is 0.125. The third-order valence-electron chi connectivity index (χ3n) is 12.3. The Morgan fingerprint density at radius 1 is 0.661 bits per heavy atom. The normalized spacial score (nSPS) is 19.5. The van der Waals surface area contributed by atoms with Crippen LogP contribution < -0.4 is 10.6 Å². The molecule has 2 aliphatic heterocycles. The number of H-pyrrole nitrogens is 2. The van der Waals surface area contributed by atoms with Gasteiger partial charge in [-0.3, -0.25) is 9.59 Å². The first-order chi connectivity index (χ1) is 28.6. The predicted molar refractivity (Wildman–Crippen MR) is 220 cm³/mol. The number of amides is 4. The number of hydrogen-bond donors (Lipinski definition) is 4. The van der Waals surface area contributed by atoms with Crippen LogP contribution in [-0.4, -0.2) is 115 Å². The molecular weight excluding hydrogens is 755 g/mol. The molecule has 4 aromatic rings. The number of nitrogens with one attached hydrogen (secondary N) is 4. The van der Waals surface area contributed by atoms with Gasteiger partial charge in [0.1, 0.15) is 17.9 Å². The number of likely N-dealkylation sites (tertiary alicyclic amines) is 2. The molecule has 314 valence electrons. The minimum absolute atomic E-state index is 0.121. The molecule has 7 rings (SSSR count). The molecule has 1 aliphatic carbocycles. The SMILES string of the molecule is COC(=O)N[C@H](C(=O)N1CCC[C@H]1c1ncc(-c2ccc(-c3ccc(-c4[nH]c([C@@H]5CCCN5C(=O)[C@@H](NC(=O)OC)[C@@H](C)OC)c5c4CCC5)cc3)cc2)[nH]1)[C@@H](C)OC. The van der Waals surface area contributed by atoms with Crippen molar-refractivity contribution in [1.82, 2.24) is 35.4 Å². The van der Waals surface area contributed by atoms with Crippen LogP contribution in [0.15, 0.2) is 54.7 Å². The van der Waals surface area contributed by atoms with Gasteiger partial charge in [-0.15, -0.1) is 0 Å². The van der Waals surface area contributed by atoms with Gasteiger partial charge in [0.05, 0.1) is 50.4 Å². The Kier molecular flexibility index (Phi) is 12.7. The largest absolute Gasteiger partial charge is 0.453 e. The standard InChI is InChI=1S/C44H55N7O8/c1-25(56-3)36(48-43(54)58-5)41(52)50-22-8-12-34(50)39-32-11-7-10-31(32)38(47-39)30-20-16-28(17-21-30)27-14-18-29(19-15-27)33-24-45-40(46-33)35-13-9-23-51(35)42(53)37(26(2)57-4)49-44(55)59-6/h14-21,24-26,34-37,47H,7-13,22-23H2,1-6H3,(H,45,46)(H,48,54)(H,49,55)/t25-,26-,34+,35+,36+,37+/m1/s1. The van der Waals surface area contributed by atoms with Gasteiger partial charge in [-0.1, -0.05) is 48.5 Å². The van der Waals surface area contributed by atoms with Crippen molar-refractivity contribution in [3.8, 4) is 33.6 Å². The molecule has 3 aliphatic rings. The Morgan fingerprint density at radius 3 is 1.69 bits per heavy atom. The first kappa shape index (κ1) is 41.5. The van der Waals surface area contributed by atoms with Gasteiger partial charge in [-0.25, -0.2) is 14.6 Å². The second-order valence-electron chi connectivity index (χ2n) is 15.5. The molecule has 0 unspecified atom stereocenters. The first-order valence-corrected chi connectivity index (χ1v) is 20.4. The van der Waals surface area contributed by atoms with Crippen LogP contribution in [0, 0.1) is 0 Å². The molecule has 0 spiro atoms. The van der Waals surface area contributed by atoms with Gasteiger partial charge in [0, 0.05) is 38.7 Å². The van der Waals surface area contributed by atoms with Crippen LogP contribution in [0.25, 0.3) is 33.6 Å². The Hall–Kier alpha value is -5.67. The van der Waals surface area contributed by atoms with E-state index in [4.69, 9.17) is 18.9 Å². The fraction of sp³-hybridized carbons (Fsp3) is 0.477. The number of benzene rings is 2. The van der Waals surface area contributed by atoms with E-state index < -0.39 is 36.5 Å². The van der Waals surface area contributed by atoms with Crippen molar-refractivity contribution in [2.45, 2.75) is 95.2 Å². The summed E-state index contributed by atoms with van der Waals surface area (Å²) in [7, 11) is 5.57. The van der Waals surface area contributed by atoms with Crippen LogP contribution in [0.1, 0.15) is 80.7 Å². The molecule has 2 fully saturated rings. The van der Waals surface area contributed by atoms with Crippen molar-refractivity contribution < 1.29 is 38.1 Å². The molecule has 0 radical (unpaired) electrons. The van der Waals surface area contributed by atoms with E-state index in [0.29, 0.717) is 18.9 Å². The Bertz CT molecular complexity index is 2130. The lowest BCUT2D eigenvalue weighted by Crippen LogP contribution is -2.54. The number of carbonyl (C=O) groups excluding carboxylic acids is 4. The molecule has 0 bridgehead atoms. The van der Waals surface area contributed by atoms with Gasteiger partial charge in [-0.2, -0.15) is 0 Å². The van der Waals surface area contributed by atoms with Gasteiger partial charge in [-0.05, 0) is 92.2 Å². The van der Waals surface area contributed by atoms with E-state index in [2.05, 4.69) is 74.1 Å². The third kappa shape index (κ3) is 8.44. The number of methoxy groups -OCH3 is 4. The summed E-state index contributed by atoms with van der Waals surface area (Å²) in [4.78, 5) is 67.3. The van der Waals surface area contributed by atoms with E-state index in [-0.39, 0.29) is 23.9 Å². The first-order valence-electron chi connectivity index (χ1n) is 20.4.